The zero-order valence-corrected chi connectivity index (χ0v) is 18.9. The Labute approximate surface area is 178 Å². The first-order valence-corrected chi connectivity index (χ1v) is 8.97. The van der Waals surface area contributed by atoms with Crippen LogP contribution < -0.4 is 10.5 Å². The van der Waals surface area contributed by atoms with Crippen LogP contribution in [0.3, 0.4) is 0 Å². The molecule has 1 amide bonds. The number of guanidine groups is 1. The summed E-state index contributed by atoms with van der Waals surface area (Å²) in [5, 5.41) is 0. The van der Waals surface area contributed by atoms with E-state index in [0.717, 1.165) is 11.3 Å². The average Bonchev–Trinajstić information content (AvgIpc) is 2.58. The van der Waals surface area contributed by atoms with Crippen LogP contribution in [0, 0.1) is 6.92 Å². The van der Waals surface area contributed by atoms with Gasteiger partial charge in [-0.05, 0) is 39.3 Å². The largest absolute Gasteiger partial charge is 0.491 e. The molecule has 7 nitrogen and oxygen atoms in total. The zero-order valence-electron chi connectivity index (χ0n) is 16.6. The van der Waals surface area contributed by atoms with E-state index in [9.17, 15) is 4.79 Å². The van der Waals surface area contributed by atoms with Gasteiger partial charge in [0.1, 0.15) is 18.0 Å². The predicted octanol–water partition coefficient (Wildman–Crippen LogP) is 2.86. The van der Waals surface area contributed by atoms with Gasteiger partial charge in [0, 0.05) is 26.2 Å². The molecule has 0 aromatic heterocycles. The van der Waals surface area contributed by atoms with Gasteiger partial charge in [-0.3, -0.25) is 0 Å². The van der Waals surface area contributed by atoms with Crippen LogP contribution >= 0.6 is 24.0 Å². The third-order valence-electron chi connectivity index (χ3n) is 3.97. The van der Waals surface area contributed by atoms with Gasteiger partial charge >= 0.3 is 6.09 Å². The minimum absolute atomic E-state index is 0. The molecule has 0 bridgehead atoms. The maximum atomic E-state index is 12.1. The van der Waals surface area contributed by atoms with Crippen LogP contribution in [-0.2, 0) is 4.74 Å². The Bertz CT molecular complexity index is 638. The molecule has 0 atom stereocenters. The Morgan fingerprint density at radius 1 is 1.15 bits per heavy atom. The van der Waals surface area contributed by atoms with Crippen LogP contribution in [0.4, 0.5) is 4.79 Å². The summed E-state index contributed by atoms with van der Waals surface area (Å²) in [5.74, 6) is 1.36. The second kappa shape index (κ2) is 10.6. The Morgan fingerprint density at radius 3 is 2.33 bits per heavy atom. The molecule has 1 aromatic carbocycles. The normalized spacial score (nSPS) is 15.2. The smallest absolute Gasteiger partial charge is 0.410 e. The van der Waals surface area contributed by atoms with Crippen LogP contribution in [0.5, 0.6) is 5.75 Å². The molecule has 152 valence electrons. The van der Waals surface area contributed by atoms with Crippen molar-refractivity contribution in [3.63, 3.8) is 0 Å². The summed E-state index contributed by atoms with van der Waals surface area (Å²) in [5.41, 5.74) is 6.69. The quantitative estimate of drug-likeness (QED) is 0.304. The van der Waals surface area contributed by atoms with E-state index in [1.165, 1.54) is 0 Å². The third kappa shape index (κ3) is 7.82. The monoisotopic (exact) mass is 490 g/mol. The van der Waals surface area contributed by atoms with Crippen molar-refractivity contribution < 1.29 is 14.3 Å². The molecule has 2 rings (SSSR count). The summed E-state index contributed by atoms with van der Waals surface area (Å²) >= 11 is 0. The number of carbonyl (C=O) groups excluding carboxylic acids is 1. The summed E-state index contributed by atoms with van der Waals surface area (Å²) in [6.45, 7) is 11.0. The Balaban J connectivity index is 0.00000364. The van der Waals surface area contributed by atoms with Gasteiger partial charge in [0.15, 0.2) is 5.96 Å². The van der Waals surface area contributed by atoms with Crippen LogP contribution in [0.25, 0.3) is 0 Å². The Hall–Kier alpha value is -1.71. The highest BCUT2D eigenvalue weighted by Gasteiger charge is 2.26. The minimum Gasteiger partial charge on any atom is -0.491 e. The Kier molecular flexibility index (Phi) is 9.14. The molecule has 0 aliphatic carbocycles. The van der Waals surface area contributed by atoms with Gasteiger partial charge in [-0.15, -0.1) is 24.0 Å². The lowest BCUT2D eigenvalue weighted by molar-refractivity contribution is 0.0186. The van der Waals surface area contributed by atoms with Crippen LogP contribution in [0.2, 0.25) is 0 Å². The van der Waals surface area contributed by atoms with Crippen LogP contribution in [0.1, 0.15) is 26.3 Å². The molecular weight excluding hydrogens is 459 g/mol. The van der Waals surface area contributed by atoms with E-state index < -0.39 is 5.60 Å². The van der Waals surface area contributed by atoms with Crippen molar-refractivity contribution in [1.82, 2.24) is 9.80 Å². The first kappa shape index (κ1) is 23.3. The molecule has 27 heavy (non-hydrogen) atoms. The number of hydrogen-bond donors (Lipinski definition) is 1. The molecule has 0 saturated carbocycles. The van der Waals surface area contributed by atoms with Gasteiger partial charge in [-0.25, -0.2) is 9.79 Å². The number of hydrogen-bond acceptors (Lipinski definition) is 4. The van der Waals surface area contributed by atoms with Crippen molar-refractivity contribution in [2.45, 2.75) is 33.3 Å². The fourth-order valence-corrected chi connectivity index (χ4v) is 2.58. The molecule has 1 saturated heterocycles. The topological polar surface area (TPSA) is 80.4 Å². The molecule has 1 aliphatic heterocycles. The number of nitrogens with two attached hydrogens (primary N) is 1. The lowest BCUT2D eigenvalue weighted by Gasteiger charge is -2.36. The second-order valence-electron chi connectivity index (χ2n) is 7.31. The van der Waals surface area contributed by atoms with Gasteiger partial charge < -0.3 is 25.0 Å². The lowest BCUT2D eigenvalue weighted by Crippen LogP contribution is -2.53. The van der Waals surface area contributed by atoms with Crippen molar-refractivity contribution >= 4 is 36.0 Å². The van der Waals surface area contributed by atoms with Crippen molar-refractivity contribution in [2.75, 3.05) is 39.3 Å². The molecule has 8 heteroatoms. The number of ether oxygens (including phenoxy) is 2. The number of carbonyl (C=O) groups is 1. The molecule has 1 fully saturated rings. The molecule has 2 N–H and O–H groups in total. The molecule has 0 unspecified atom stereocenters. The van der Waals surface area contributed by atoms with Crippen LogP contribution in [-0.4, -0.2) is 66.8 Å². The van der Waals surface area contributed by atoms with E-state index in [1.807, 2.05) is 56.9 Å². The number of piperazine rings is 1. The van der Waals surface area contributed by atoms with Crippen molar-refractivity contribution in [2.24, 2.45) is 10.7 Å². The standard InChI is InChI=1S/C19H30N4O3.HI/c1-15-7-5-6-8-16(15)25-14-9-21-17(20)22-10-12-23(13-11-22)18(24)26-19(2,3)4;/h5-8H,9-14H2,1-4H3,(H2,20,21);1H. The van der Waals surface area contributed by atoms with E-state index in [4.69, 9.17) is 15.2 Å². The highest BCUT2D eigenvalue weighted by atomic mass is 127. The van der Waals surface area contributed by atoms with E-state index in [-0.39, 0.29) is 30.1 Å². The van der Waals surface area contributed by atoms with Crippen molar-refractivity contribution in [1.29, 1.82) is 0 Å². The summed E-state index contributed by atoms with van der Waals surface area (Å²) < 4.78 is 11.1. The number of aliphatic imine (C=N–C) groups is 1. The maximum absolute atomic E-state index is 12.1. The second-order valence-corrected chi connectivity index (χ2v) is 7.31. The molecular formula is C19H31IN4O3. The predicted molar refractivity (Wildman–Crippen MR) is 118 cm³/mol. The fourth-order valence-electron chi connectivity index (χ4n) is 2.58. The third-order valence-corrected chi connectivity index (χ3v) is 3.97. The summed E-state index contributed by atoms with van der Waals surface area (Å²) in [6.07, 6.45) is -0.278. The fraction of sp³-hybridized carbons (Fsp3) is 0.579. The van der Waals surface area contributed by atoms with E-state index >= 15 is 0 Å². The number of aryl methyl sites for hydroxylation is 1. The van der Waals surface area contributed by atoms with Crippen LogP contribution in [0.15, 0.2) is 29.3 Å². The first-order chi connectivity index (χ1) is 12.3. The summed E-state index contributed by atoms with van der Waals surface area (Å²) in [7, 11) is 0. The maximum Gasteiger partial charge on any atom is 0.410 e. The number of benzene rings is 1. The average molecular weight is 490 g/mol. The Morgan fingerprint density at radius 2 is 1.74 bits per heavy atom. The zero-order chi connectivity index (χ0) is 19.2. The minimum atomic E-state index is -0.480. The first-order valence-electron chi connectivity index (χ1n) is 8.97. The van der Waals surface area contributed by atoms with Gasteiger partial charge in [0.2, 0.25) is 0 Å². The van der Waals surface area contributed by atoms with Gasteiger partial charge in [0.25, 0.3) is 0 Å². The molecule has 1 heterocycles. The van der Waals surface area contributed by atoms with Gasteiger partial charge in [0.05, 0.1) is 6.54 Å². The number of amides is 1. The highest BCUT2D eigenvalue weighted by Crippen LogP contribution is 2.16. The number of para-hydroxylation sites is 1. The van der Waals surface area contributed by atoms with Gasteiger partial charge in [-0.1, -0.05) is 18.2 Å². The number of halogens is 1. The van der Waals surface area contributed by atoms with Crippen molar-refractivity contribution in [3.8, 4) is 5.75 Å². The van der Waals surface area contributed by atoms with Gasteiger partial charge in [-0.2, -0.15) is 0 Å². The number of rotatable bonds is 4. The SMILES string of the molecule is Cc1ccccc1OCCN=C(N)N1CCN(C(=O)OC(C)(C)C)CC1.I. The molecule has 0 radical (unpaired) electrons. The molecule has 0 spiro atoms. The molecule has 1 aromatic rings. The van der Waals surface area contributed by atoms with E-state index in [1.54, 1.807) is 4.90 Å². The summed E-state index contributed by atoms with van der Waals surface area (Å²) in [6, 6.07) is 7.88. The van der Waals surface area contributed by atoms with E-state index in [2.05, 4.69) is 4.99 Å². The number of nitrogens with zero attached hydrogens (tertiary/aromatic N) is 3. The molecule has 1 aliphatic rings. The van der Waals surface area contributed by atoms with Crippen molar-refractivity contribution in [3.05, 3.63) is 29.8 Å². The van der Waals surface area contributed by atoms with E-state index in [0.29, 0.717) is 45.3 Å². The summed E-state index contributed by atoms with van der Waals surface area (Å²) in [4.78, 5) is 20.1. The highest BCUT2D eigenvalue weighted by molar-refractivity contribution is 14.0. The lowest BCUT2D eigenvalue weighted by atomic mass is 10.2.